The molecule has 0 saturated carbocycles. The number of benzene rings is 1. The molecule has 0 spiro atoms. The zero-order chi connectivity index (χ0) is 15.5. The summed E-state index contributed by atoms with van der Waals surface area (Å²) in [4.78, 5) is 21.7. The van der Waals surface area contributed by atoms with Crippen LogP contribution in [0.15, 0.2) is 65.8 Å². The quantitative estimate of drug-likeness (QED) is 0.728. The molecule has 2 aromatic heterocycles. The van der Waals surface area contributed by atoms with Gasteiger partial charge in [0.05, 0.1) is 5.52 Å². The van der Waals surface area contributed by atoms with Gasteiger partial charge in [-0.05, 0) is 38.1 Å². The summed E-state index contributed by atoms with van der Waals surface area (Å²) in [6.07, 6.45) is 1.72. The van der Waals surface area contributed by atoms with Crippen molar-refractivity contribution in [2.45, 2.75) is 19.9 Å². The summed E-state index contributed by atoms with van der Waals surface area (Å²) >= 11 is 0. The highest BCUT2D eigenvalue weighted by Crippen LogP contribution is 2.12. The van der Waals surface area contributed by atoms with Crippen LogP contribution in [0.1, 0.15) is 24.3 Å². The Labute approximate surface area is 128 Å². The van der Waals surface area contributed by atoms with Crippen molar-refractivity contribution in [2.24, 2.45) is 4.99 Å². The lowest BCUT2D eigenvalue weighted by molar-refractivity contribution is 0.0950. The smallest absolute Gasteiger partial charge is 0.267 e. The van der Waals surface area contributed by atoms with Crippen LogP contribution in [0.4, 0.5) is 0 Å². The molecule has 110 valence electrons. The molecule has 0 unspecified atom stereocenters. The van der Waals surface area contributed by atoms with E-state index in [4.69, 9.17) is 0 Å². The lowest BCUT2D eigenvalue weighted by Crippen LogP contribution is -2.28. The molecule has 1 aromatic carbocycles. The zero-order valence-electron chi connectivity index (χ0n) is 12.6. The van der Waals surface area contributed by atoms with Gasteiger partial charge in [0.15, 0.2) is 0 Å². The van der Waals surface area contributed by atoms with Crippen molar-refractivity contribution >= 4 is 16.8 Å². The Kier molecular flexibility index (Phi) is 3.83. The molecule has 0 fully saturated rings. The number of pyridine rings is 2. The van der Waals surface area contributed by atoms with Crippen LogP contribution in [0.3, 0.4) is 0 Å². The first-order valence-electron chi connectivity index (χ1n) is 7.27. The number of carbonyl (C=O) groups excluding carboxylic acids is 1. The summed E-state index contributed by atoms with van der Waals surface area (Å²) in [5.41, 5.74) is 1.86. The van der Waals surface area contributed by atoms with E-state index in [2.05, 4.69) is 9.98 Å². The molecule has 2 heterocycles. The summed E-state index contributed by atoms with van der Waals surface area (Å²) in [6.45, 7) is 3.96. The van der Waals surface area contributed by atoms with Gasteiger partial charge in [0.2, 0.25) is 0 Å². The summed E-state index contributed by atoms with van der Waals surface area (Å²) in [5, 5.41) is 1.02. The van der Waals surface area contributed by atoms with E-state index in [9.17, 15) is 4.79 Å². The van der Waals surface area contributed by atoms with Crippen molar-refractivity contribution in [2.75, 3.05) is 0 Å². The highest BCUT2D eigenvalue weighted by molar-refractivity contribution is 5.96. The first-order chi connectivity index (χ1) is 10.6. The Bertz CT molecular complexity index is 894. The van der Waals surface area contributed by atoms with Crippen molar-refractivity contribution < 1.29 is 4.79 Å². The molecule has 0 aliphatic carbocycles. The molecule has 0 bridgehead atoms. The van der Waals surface area contributed by atoms with Gasteiger partial charge in [0.25, 0.3) is 5.91 Å². The average Bonchev–Trinajstić information content (AvgIpc) is 2.54. The fraction of sp³-hybridized carbons (Fsp3) is 0.167. The van der Waals surface area contributed by atoms with Crippen LogP contribution < -0.4 is 5.49 Å². The van der Waals surface area contributed by atoms with Gasteiger partial charge in [0, 0.05) is 17.6 Å². The average molecular weight is 291 g/mol. The van der Waals surface area contributed by atoms with E-state index in [1.165, 1.54) is 4.57 Å². The molecule has 0 N–H and O–H groups in total. The van der Waals surface area contributed by atoms with E-state index < -0.39 is 0 Å². The summed E-state index contributed by atoms with van der Waals surface area (Å²) in [6, 6.07) is 17.1. The minimum Gasteiger partial charge on any atom is -0.267 e. The second-order valence-electron chi connectivity index (χ2n) is 5.35. The molecule has 0 aliphatic rings. The lowest BCUT2D eigenvalue weighted by atomic mass is 10.2. The van der Waals surface area contributed by atoms with Crippen molar-refractivity contribution in [3.8, 4) is 0 Å². The third kappa shape index (κ3) is 2.81. The minimum absolute atomic E-state index is 0.117. The number of nitrogens with zero attached hydrogens (tertiary/aromatic N) is 3. The number of carbonyl (C=O) groups is 1. The van der Waals surface area contributed by atoms with E-state index in [1.807, 2.05) is 62.4 Å². The first kappa shape index (κ1) is 14.2. The molecule has 0 atom stereocenters. The van der Waals surface area contributed by atoms with Gasteiger partial charge in [-0.3, -0.25) is 14.4 Å². The monoisotopic (exact) mass is 291 g/mol. The minimum atomic E-state index is -0.175. The van der Waals surface area contributed by atoms with Crippen LogP contribution in [-0.2, 0) is 0 Å². The van der Waals surface area contributed by atoms with Crippen molar-refractivity contribution in [1.82, 2.24) is 9.55 Å². The highest BCUT2D eigenvalue weighted by Gasteiger charge is 2.11. The Hall–Kier alpha value is -2.75. The third-order valence-corrected chi connectivity index (χ3v) is 3.27. The normalized spacial score (nSPS) is 12.0. The van der Waals surface area contributed by atoms with Crippen molar-refractivity contribution in [3.63, 3.8) is 0 Å². The second kappa shape index (κ2) is 5.93. The van der Waals surface area contributed by atoms with E-state index in [-0.39, 0.29) is 11.9 Å². The van der Waals surface area contributed by atoms with E-state index in [0.29, 0.717) is 11.2 Å². The summed E-state index contributed by atoms with van der Waals surface area (Å²) in [7, 11) is 0. The molecule has 0 saturated heterocycles. The molecule has 3 rings (SSSR count). The van der Waals surface area contributed by atoms with Crippen LogP contribution in [-0.4, -0.2) is 21.5 Å². The predicted molar refractivity (Wildman–Crippen MR) is 86.6 cm³/mol. The molecule has 3 aromatic rings. The summed E-state index contributed by atoms with van der Waals surface area (Å²) in [5.74, 6) is -0.175. The van der Waals surface area contributed by atoms with E-state index in [1.54, 1.807) is 12.3 Å². The van der Waals surface area contributed by atoms with Crippen molar-refractivity contribution in [3.05, 3.63) is 72.0 Å². The molecule has 0 amide bonds. The number of hydrogen-bond donors (Lipinski definition) is 0. The van der Waals surface area contributed by atoms with Crippen LogP contribution >= 0.6 is 0 Å². The van der Waals surface area contributed by atoms with Crippen LogP contribution in [0.2, 0.25) is 0 Å². The lowest BCUT2D eigenvalue weighted by Gasteiger charge is -2.07. The number of rotatable bonds is 2. The Morgan fingerprint density at radius 1 is 1.05 bits per heavy atom. The van der Waals surface area contributed by atoms with Gasteiger partial charge in [0.1, 0.15) is 11.2 Å². The van der Waals surface area contributed by atoms with Gasteiger partial charge in [-0.15, -0.1) is 0 Å². The molecule has 4 nitrogen and oxygen atoms in total. The van der Waals surface area contributed by atoms with Crippen LogP contribution in [0.5, 0.6) is 0 Å². The van der Waals surface area contributed by atoms with Gasteiger partial charge in [-0.2, -0.15) is 0 Å². The number of hydrogen-bond acceptors (Lipinski definition) is 3. The van der Waals surface area contributed by atoms with Gasteiger partial charge >= 0.3 is 0 Å². The topological polar surface area (TPSA) is 47.2 Å². The fourth-order valence-electron chi connectivity index (χ4n) is 2.28. The molecule has 22 heavy (non-hydrogen) atoms. The molecular weight excluding hydrogens is 274 g/mol. The predicted octanol–water partition coefficient (Wildman–Crippen LogP) is 3.03. The van der Waals surface area contributed by atoms with Gasteiger partial charge < -0.3 is 0 Å². The SMILES string of the molecule is CC(C)N=c1ccccn1C(=O)c1ccc2ccccc2n1. The van der Waals surface area contributed by atoms with Crippen molar-refractivity contribution in [1.29, 1.82) is 0 Å². The standard InChI is InChI=1S/C18H17N3O/c1-13(2)19-17-9-5-6-12-21(17)18(22)16-11-10-14-7-3-4-8-15(14)20-16/h3-13H,1-2H3. The Morgan fingerprint density at radius 2 is 1.82 bits per heavy atom. The maximum Gasteiger partial charge on any atom is 0.282 e. The van der Waals surface area contributed by atoms with Gasteiger partial charge in [-0.1, -0.05) is 30.3 Å². The maximum atomic E-state index is 12.7. The molecule has 0 radical (unpaired) electrons. The second-order valence-corrected chi connectivity index (χ2v) is 5.35. The first-order valence-corrected chi connectivity index (χ1v) is 7.27. The largest absolute Gasteiger partial charge is 0.282 e. The number of fused-ring (bicyclic) bond motifs is 1. The molecule has 0 aliphatic heterocycles. The van der Waals surface area contributed by atoms with E-state index in [0.717, 1.165) is 10.9 Å². The highest BCUT2D eigenvalue weighted by atomic mass is 16.2. The Morgan fingerprint density at radius 3 is 2.64 bits per heavy atom. The number of para-hydroxylation sites is 1. The van der Waals surface area contributed by atoms with Crippen LogP contribution in [0.25, 0.3) is 10.9 Å². The maximum absolute atomic E-state index is 12.7. The molecule has 4 heteroatoms. The van der Waals surface area contributed by atoms with Gasteiger partial charge in [-0.25, -0.2) is 4.98 Å². The zero-order valence-corrected chi connectivity index (χ0v) is 12.6. The Balaban J connectivity index is 2.10. The molecular formula is C18H17N3O. The fourth-order valence-corrected chi connectivity index (χ4v) is 2.28. The number of aromatic nitrogens is 2. The van der Waals surface area contributed by atoms with E-state index >= 15 is 0 Å². The third-order valence-electron chi connectivity index (χ3n) is 3.27. The summed E-state index contributed by atoms with van der Waals surface area (Å²) < 4.78 is 1.54. The van der Waals surface area contributed by atoms with Crippen LogP contribution in [0, 0.1) is 0 Å².